The SMILES string of the molecule is OCCN1CCN(Cc2ccc3nc(-c4cccc5c4C=CNC5)nc(N4CCOCC4)c3c2)CC1. The number of hydrogen-bond acceptors (Lipinski definition) is 8. The first-order valence-corrected chi connectivity index (χ1v) is 13.0. The molecular weight excluding hydrogens is 452 g/mol. The van der Waals surface area contributed by atoms with Crippen LogP contribution in [0.3, 0.4) is 0 Å². The topological polar surface area (TPSA) is 77.0 Å². The number of rotatable bonds is 6. The molecule has 2 N–H and O–H groups in total. The molecule has 3 aliphatic heterocycles. The standard InChI is InChI=1S/C28H34N6O2/c35-15-12-32-8-10-33(11-9-32)20-21-4-5-26-25(18-21)28(34-13-16-36-17-14-34)31-27(30-26)24-3-1-2-22-19-29-7-6-23(22)24/h1-7,18,29,35H,8-17,19-20H2. The summed E-state index contributed by atoms with van der Waals surface area (Å²) in [5, 5.41) is 13.6. The number of hydrogen-bond donors (Lipinski definition) is 2. The van der Waals surface area contributed by atoms with Gasteiger partial charge >= 0.3 is 0 Å². The molecule has 8 heteroatoms. The molecule has 0 unspecified atom stereocenters. The minimum atomic E-state index is 0.232. The van der Waals surface area contributed by atoms with Gasteiger partial charge in [-0.15, -0.1) is 0 Å². The van der Waals surface area contributed by atoms with E-state index in [0.29, 0.717) is 13.2 Å². The molecule has 0 atom stereocenters. The van der Waals surface area contributed by atoms with Crippen LogP contribution in [0.5, 0.6) is 0 Å². The van der Waals surface area contributed by atoms with Gasteiger partial charge in [-0.3, -0.25) is 9.80 Å². The first-order chi connectivity index (χ1) is 17.8. The van der Waals surface area contributed by atoms with E-state index in [1.807, 2.05) is 6.20 Å². The fourth-order valence-electron chi connectivity index (χ4n) is 5.44. The van der Waals surface area contributed by atoms with Gasteiger partial charge in [0.15, 0.2) is 5.82 Å². The number of aliphatic hydroxyl groups excluding tert-OH is 1. The summed E-state index contributed by atoms with van der Waals surface area (Å²) in [5.74, 6) is 1.78. The second-order valence-electron chi connectivity index (χ2n) is 9.76. The summed E-state index contributed by atoms with van der Waals surface area (Å²) in [7, 11) is 0. The zero-order valence-electron chi connectivity index (χ0n) is 20.7. The van der Waals surface area contributed by atoms with E-state index in [-0.39, 0.29) is 6.61 Å². The van der Waals surface area contributed by atoms with Crippen molar-refractivity contribution in [1.82, 2.24) is 25.1 Å². The maximum absolute atomic E-state index is 9.22. The number of aromatic nitrogens is 2. The molecule has 3 aliphatic rings. The molecule has 6 rings (SSSR count). The zero-order chi connectivity index (χ0) is 24.3. The summed E-state index contributed by atoms with van der Waals surface area (Å²) in [5.41, 5.74) is 5.80. The molecule has 0 amide bonds. The van der Waals surface area contributed by atoms with Crippen LogP contribution in [0.15, 0.2) is 42.6 Å². The van der Waals surface area contributed by atoms with Crippen molar-refractivity contribution in [2.75, 3.05) is 70.5 Å². The second-order valence-corrected chi connectivity index (χ2v) is 9.76. The molecule has 8 nitrogen and oxygen atoms in total. The van der Waals surface area contributed by atoms with Gasteiger partial charge < -0.3 is 20.1 Å². The average Bonchev–Trinajstić information content (AvgIpc) is 2.94. The van der Waals surface area contributed by atoms with E-state index >= 15 is 0 Å². The molecule has 4 heterocycles. The maximum atomic E-state index is 9.22. The number of anilines is 1. The Morgan fingerprint density at radius 1 is 0.944 bits per heavy atom. The lowest BCUT2D eigenvalue weighted by atomic mass is 9.98. The minimum Gasteiger partial charge on any atom is -0.395 e. The van der Waals surface area contributed by atoms with Crippen LogP contribution >= 0.6 is 0 Å². The number of ether oxygens (including phenoxy) is 1. The van der Waals surface area contributed by atoms with Gasteiger partial charge in [0.2, 0.25) is 0 Å². The fraction of sp³-hybridized carbons (Fsp3) is 0.429. The molecule has 1 aromatic heterocycles. The molecule has 0 aliphatic carbocycles. The Kier molecular flexibility index (Phi) is 6.83. The summed E-state index contributed by atoms with van der Waals surface area (Å²) in [4.78, 5) is 17.4. The Hall–Kier alpha value is -3.04. The highest BCUT2D eigenvalue weighted by atomic mass is 16.5. The van der Waals surface area contributed by atoms with Crippen molar-refractivity contribution in [3.05, 3.63) is 59.3 Å². The Morgan fingerprint density at radius 3 is 2.61 bits per heavy atom. The fourth-order valence-corrected chi connectivity index (χ4v) is 5.44. The summed E-state index contributed by atoms with van der Waals surface area (Å²) < 4.78 is 5.65. The summed E-state index contributed by atoms with van der Waals surface area (Å²) in [6.45, 7) is 9.88. The molecule has 36 heavy (non-hydrogen) atoms. The largest absolute Gasteiger partial charge is 0.395 e. The van der Waals surface area contributed by atoms with E-state index in [1.165, 1.54) is 16.7 Å². The second kappa shape index (κ2) is 10.5. The lowest BCUT2D eigenvalue weighted by molar-refractivity contribution is 0.108. The van der Waals surface area contributed by atoms with Crippen molar-refractivity contribution in [3.63, 3.8) is 0 Å². The normalized spacial score (nSPS) is 18.9. The first-order valence-electron chi connectivity index (χ1n) is 13.0. The third-order valence-corrected chi connectivity index (χ3v) is 7.44. The third-order valence-electron chi connectivity index (χ3n) is 7.44. The number of nitrogens with one attached hydrogen (secondary N) is 1. The predicted octanol–water partition coefficient (Wildman–Crippen LogP) is 2.32. The molecule has 3 aromatic rings. The van der Waals surface area contributed by atoms with Crippen molar-refractivity contribution in [3.8, 4) is 11.4 Å². The van der Waals surface area contributed by atoms with Crippen molar-refractivity contribution >= 4 is 22.8 Å². The van der Waals surface area contributed by atoms with Crippen LogP contribution in [0.2, 0.25) is 0 Å². The summed E-state index contributed by atoms with van der Waals surface area (Å²) in [6, 6.07) is 13.1. The van der Waals surface area contributed by atoms with Gasteiger partial charge in [0.1, 0.15) is 5.82 Å². The average molecular weight is 487 g/mol. The monoisotopic (exact) mass is 486 g/mol. The number of aliphatic hydroxyl groups is 1. The molecule has 2 aromatic carbocycles. The Labute approximate surface area is 212 Å². The molecule has 0 spiro atoms. The van der Waals surface area contributed by atoms with Crippen molar-refractivity contribution < 1.29 is 9.84 Å². The van der Waals surface area contributed by atoms with Crippen molar-refractivity contribution in [2.45, 2.75) is 13.1 Å². The highest BCUT2D eigenvalue weighted by Gasteiger charge is 2.21. The van der Waals surface area contributed by atoms with Crippen LogP contribution in [0.25, 0.3) is 28.4 Å². The van der Waals surface area contributed by atoms with Gasteiger partial charge in [0.05, 0.1) is 25.3 Å². The van der Waals surface area contributed by atoms with Gasteiger partial charge in [-0.05, 0) is 41.1 Å². The predicted molar refractivity (Wildman–Crippen MR) is 143 cm³/mol. The summed E-state index contributed by atoms with van der Waals surface area (Å²) in [6.07, 6.45) is 4.13. The Bertz CT molecular complexity index is 1250. The van der Waals surface area contributed by atoms with Crippen LogP contribution in [0, 0.1) is 0 Å². The Morgan fingerprint density at radius 2 is 1.78 bits per heavy atom. The lowest BCUT2D eigenvalue weighted by Crippen LogP contribution is -2.46. The van der Waals surface area contributed by atoms with Gasteiger partial charge in [0.25, 0.3) is 0 Å². The highest BCUT2D eigenvalue weighted by molar-refractivity contribution is 5.92. The molecule has 0 saturated carbocycles. The van der Waals surface area contributed by atoms with Crippen LogP contribution in [-0.4, -0.2) is 90.5 Å². The zero-order valence-corrected chi connectivity index (χ0v) is 20.7. The first kappa shape index (κ1) is 23.4. The van der Waals surface area contributed by atoms with Crippen LogP contribution in [0.4, 0.5) is 5.82 Å². The number of piperazine rings is 1. The van der Waals surface area contributed by atoms with Crippen LogP contribution in [0.1, 0.15) is 16.7 Å². The number of β-amino-alcohol motifs (C(OH)–C–C–N with tert-alkyl or cyclic N) is 1. The Balaban J connectivity index is 1.35. The molecule has 2 saturated heterocycles. The van der Waals surface area contributed by atoms with E-state index in [2.05, 4.69) is 62.5 Å². The van der Waals surface area contributed by atoms with E-state index < -0.39 is 0 Å². The number of benzene rings is 2. The van der Waals surface area contributed by atoms with Gasteiger partial charge in [-0.25, -0.2) is 9.97 Å². The quantitative estimate of drug-likeness (QED) is 0.550. The van der Waals surface area contributed by atoms with E-state index in [9.17, 15) is 5.11 Å². The molecule has 2 fully saturated rings. The minimum absolute atomic E-state index is 0.232. The van der Waals surface area contributed by atoms with Gasteiger partial charge in [0, 0.05) is 69.9 Å². The molecule has 188 valence electrons. The smallest absolute Gasteiger partial charge is 0.162 e. The highest BCUT2D eigenvalue weighted by Crippen LogP contribution is 2.32. The molecular formula is C28H34N6O2. The third kappa shape index (κ3) is 4.82. The van der Waals surface area contributed by atoms with E-state index in [1.54, 1.807) is 0 Å². The number of morpholine rings is 1. The van der Waals surface area contributed by atoms with Gasteiger partial charge in [-0.1, -0.05) is 24.3 Å². The van der Waals surface area contributed by atoms with Crippen LogP contribution in [-0.2, 0) is 17.8 Å². The summed E-state index contributed by atoms with van der Waals surface area (Å²) >= 11 is 0. The van der Waals surface area contributed by atoms with E-state index in [4.69, 9.17) is 14.7 Å². The number of nitrogens with zero attached hydrogens (tertiary/aromatic N) is 5. The van der Waals surface area contributed by atoms with Crippen molar-refractivity contribution in [2.24, 2.45) is 0 Å². The number of fused-ring (bicyclic) bond motifs is 2. The molecule has 0 radical (unpaired) electrons. The van der Waals surface area contributed by atoms with Crippen molar-refractivity contribution in [1.29, 1.82) is 0 Å². The molecule has 0 bridgehead atoms. The van der Waals surface area contributed by atoms with Gasteiger partial charge in [-0.2, -0.15) is 0 Å². The van der Waals surface area contributed by atoms with Crippen LogP contribution < -0.4 is 10.2 Å². The maximum Gasteiger partial charge on any atom is 0.162 e. The van der Waals surface area contributed by atoms with E-state index in [0.717, 1.165) is 87.0 Å². The lowest BCUT2D eigenvalue weighted by Gasteiger charge is -2.34.